The van der Waals surface area contributed by atoms with Crippen molar-refractivity contribution in [3.05, 3.63) is 169 Å². The number of nitriles is 1. The molecule has 2 heterocycles. The third kappa shape index (κ3) is 3.81. The lowest BCUT2D eigenvalue weighted by Gasteiger charge is -2.14. The molecule has 8 aromatic carbocycles. The quantitative estimate of drug-likeness (QED) is 0.183. The van der Waals surface area contributed by atoms with Crippen LogP contribution in [0.25, 0.3) is 87.7 Å². The number of para-hydroxylation sites is 4. The predicted molar refractivity (Wildman–Crippen MR) is 200 cm³/mol. The zero-order valence-electron chi connectivity index (χ0n) is 25.9. The summed E-state index contributed by atoms with van der Waals surface area (Å²) in [4.78, 5) is 0. The monoisotopic (exact) mass is 609 g/mol. The molecular weight excluding hydrogens is 583 g/mol. The van der Waals surface area contributed by atoms with Gasteiger partial charge in [0.2, 0.25) is 0 Å². The van der Waals surface area contributed by atoms with Crippen LogP contribution in [0.15, 0.2) is 164 Å². The van der Waals surface area contributed by atoms with Crippen molar-refractivity contribution in [2.24, 2.45) is 0 Å². The molecule has 0 bridgehead atoms. The molecule has 0 aliphatic carbocycles. The number of hydrogen-bond donors (Lipinski definition) is 0. The van der Waals surface area contributed by atoms with Crippen molar-refractivity contribution >= 4 is 65.2 Å². The summed E-state index contributed by atoms with van der Waals surface area (Å²) in [7, 11) is 0. The van der Waals surface area contributed by atoms with E-state index in [1.165, 1.54) is 54.7 Å². The largest absolute Gasteiger partial charge is 0.309 e. The van der Waals surface area contributed by atoms with Crippen molar-refractivity contribution in [2.75, 3.05) is 0 Å². The first kappa shape index (κ1) is 26.6. The van der Waals surface area contributed by atoms with Crippen molar-refractivity contribution in [1.82, 2.24) is 9.13 Å². The van der Waals surface area contributed by atoms with E-state index in [-0.39, 0.29) is 0 Å². The SMILES string of the molecule is N#Cc1ccc2ccc3ccc(-n4c5ccccc5c5cccc(-c6ccc7c(c6)c6ccccc6n7-c6ccccc6)c54)cc3c2c1. The third-order valence-corrected chi connectivity index (χ3v) is 9.90. The van der Waals surface area contributed by atoms with E-state index in [1.54, 1.807) is 0 Å². The molecule has 10 rings (SSSR count). The number of rotatable bonds is 3. The molecule has 0 fully saturated rings. The van der Waals surface area contributed by atoms with Crippen LogP contribution in [0.2, 0.25) is 0 Å². The first-order valence-corrected chi connectivity index (χ1v) is 16.2. The highest BCUT2D eigenvalue weighted by Gasteiger charge is 2.19. The lowest BCUT2D eigenvalue weighted by Crippen LogP contribution is -1.96. The molecule has 0 saturated carbocycles. The van der Waals surface area contributed by atoms with Crippen LogP contribution in [0.3, 0.4) is 0 Å². The fourth-order valence-electron chi connectivity index (χ4n) is 7.76. The van der Waals surface area contributed by atoms with Gasteiger partial charge in [0.15, 0.2) is 0 Å². The van der Waals surface area contributed by atoms with Crippen LogP contribution in [-0.4, -0.2) is 9.13 Å². The Hall–Kier alpha value is -6.63. The van der Waals surface area contributed by atoms with Gasteiger partial charge in [0.1, 0.15) is 0 Å². The normalized spacial score (nSPS) is 11.7. The van der Waals surface area contributed by atoms with Gasteiger partial charge in [-0.15, -0.1) is 0 Å². The summed E-state index contributed by atoms with van der Waals surface area (Å²) in [5.74, 6) is 0. The molecule has 0 amide bonds. The first-order chi connectivity index (χ1) is 23.8. The number of aromatic nitrogens is 2. The van der Waals surface area contributed by atoms with E-state index in [2.05, 4.69) is 161 Å². The summed E-state index contributed by atoms with van der Waals surface area (Å²) in [6.07, 6.45) is 0. The number of hydrogen-bond acceptors (Lipinski definition) is 1. The molecule has 3 heteroatoms. The standard InChI is InChI=1S/C45H27N3/c46-28-29-17-18-30-19-20-31-21-23-34(27-40(31)39(30)25-29)48-43-16-7-4-11-36(43)38-14-8-13-35(45(38)48)32-22-24-44-41(26-32)37-12-5-6-15-42(37)47(44)33-9-2-1-3-10-33/h1-27H. The highest BCUT2D eigenvalue weighted by atomic mass is 15.0. The molecule has 0 saturated heterocycles. The molecule has 48 heavy (non-hydrogen) atoms. The second-order valence-electron chi connectivity index (χ2n) is 12.5. The van der Waals surface area contributed by atoms with Gasteiger partial charge in [-0.25, -0.2) is 0 Å². The summed E-state index contributed by atoms with van der Waals surface area (Å²) in [5, 5.41) is 19.1. The fraction of sp³-hybridized carbons (Fsp3) is 0. The molecule has 0 atom stereocenters. The summed E-state index contributed by atoms with van der Waals surface area (Å²) < 4.78 is 4.78. The Morgan fingerprint density at radius 2 is 1.02 bits per heavy atom. The van der Waals surface area contributed by atoms with Crippen LogP contribution < -0.4 is 0 Å². The van der Waals surface area contributed by atoms with Crippen LogP contribution >= 0.6 is 0 Å². The molecule has 10 aromatic rings. The van der Waals surface area contributed by atoms with Crippen molar-refractivity contribution in [3.8, 4) is 28.6 Å². The zero-order chi connectivity index (χ0) is 31.8. The molecular formula is C45H27N3. The molecule has 3 nitrogen and oxygen atoms in total. The van der Waals surface area contributed by atoms with Gasteiger partial charge in [0, 0.05) is 38.5 Å². The van der Waals surface area contributed by atoms with Gasteiger partial charge in [0.25, 0.3) is 0 Å². The molecule has 2 aromatic heterocycles. The smallest absolute Gasteiger partial charge is 0.0991 e. The molecule has 0 N–H and O–H groups in total. The van der Waals surface area contributed by atoms with E-state index in [0.717, 1.165) is 32.9 Å². The Kier molecular flexibility index (Phi) is 5.64. The van der Waals surface area contributed by atoms with Gasteiger partial charge in [0.05, 0.1) is 33.7 Å². The summed E-state index contributed by atoms with van der Waals surface area (Å²) in [6.45, 7) is 0. The van der Waals surface area contributed by atoms with E-state index >= 15 is 0 Å². The molecule has 0 aliphatic rings. The number of fused-ring (bicyclic) bond motifs is 9. The zero-order valence-corrected chi connectivity index (χ0v) is 25.9. The highest BCUT2D eigenvalue weighted by Crippen LogP contribution is 2.41. The highest BCUT2D eigenvalue weighted by molar-refractivity contribution is 6.16. The predicted octanol–water partition coefficient (Wildman–Crippen LogP) is 11.7. The summed E-state index contributed by atoms with van der Waals surface area (Å²) in [5.41, 5.74) is 10.0. The van der Waals surface area contributed by atoms with Gasteiger partial charge < -0.3 is 9.13 Å². The molecule has 0 spiro atoms. The Bertz CT molecular complexity index is 2950. The van der Waals surface area contributed by atoms with E-state index < -0.39 is 0 Å². The maximum Gasteiger partial charge on any atom is 0.0991 e. The number of nitrogens with zero attached hydrogens (tertiary/aromatic N) is 3. The minimum Gasteiger partial charge on any atom is -0.309 e. The molecule has 0 unspecified atom stereocenters. The van der Waals surface area contributed by atoms with Gasteiger partial charge in [-0.3, -0.25) is 0 Å². The van der Waals surface area contributed by atoms with Crippen molar-refractivity contribution in [1.29, 1.82) is 5.26 Å². The first-order valence-electron chi connectivity index (χ1n) is 16.2. The minimum atomic E-state index is 0.670. The van der Waals surface area contributed by atoms with Crippen molar-refractivity contribution < 1.29 is 0 Å². The van der Waals surface area contributed by atoms with Gasteiger partial charge in [-0.05, 0) is 87.8 Å². The minimum absolute atomic E-state index is 0.670. The van der Waals surface area contributed by atoms with Gasteiger partial charge in [-0.1, -0.05) is 103 Å². The second kappa shape index (κ2) is 10.2. The Morgan fingerprint density at radius 3 is 1.81 bits per heavy atom. The summed E-state index contributed by atoms with van der Waals surface area (Å²) >= 11 is 0. The Labute approximate surface area is 276 Å². The Balaban J connectivity index is 1.27. The van der Waals surface area contributed by atoms with E-state index in [9.17, 15) is 5.26 Å². The van der Waals surface area contributed by atoms with E-state index in [4.69, 9.17) is 0 Å². The lowest BCUT2D eigenvalue weighted by molar-refractivity contribution is 1.18. The van der Waals surface area contributed by atoms with Gasteiger partial charge >= 0.3 is 0 Å². The van der Waals surface area contributed by atoms with Crippen LogP contribution in [-0.2, 0) is 0 Å². The third-order valence-electron chi connectivity index (χ3n) is 9.90. The van der Waals surface area contributed by atoms with Crippen molar-refractivity contribution in [3.63, 3.8) is 0 Å². The van der Waals surface area contributed by atoms with Crippen LogP contribution in [0.5, 0.6) is 0 Å². The van der Waals surface area contributed by atoms with Crippen LogP contribution in [0, 0.1) is 11.3 Å². The van der Waals surface area contributed by atoms with Crippen molar-refractivity contribution in [2.45, 2.75) is 0 Å². The average Bonchev–Trinajstić information content (AvgIpc) is 3.67. The van der Waals surface area contributed by atoms with E-state index in [1.807, 2.05) is 18.2 Å². The maximum atomic E-state index is 9.68. The second-order valence-corrected chi connectivity index (χ2v) is 12.5. The van der Waals surface area contributed by atoms with Crippen LogP contribution in [0.1, 0.15) is 5.56 Å². The fourth-order valence-corrected chi connectivity index (χ4v) is 7.76. The molecule has 0 radical (unpaired) electrons. The molecule has 0 aliphatic heterocycles. The maximum absolute atomic E-state index is 9.68. The lowest BCUT2D eigenvalue weighted by atomic mass is 9.99. The van der Waals surface area contributed by atoms with Gasteiger partial charge in [-0.2, -0.15) is 5.26 Å². The molecule has 222 valence electrons. The number of benzene rings is 8. The summed E-state index contributed by atoms with van der Waals surface area (Å²) in [6, 6.07) is 60.9. The van der Waals surface area contributed by atoms with Crippen LogP contribution in [0.4, 0.5) is 0 Å². The Morgan fingerprint density at radius 1 is 0.396 bits per heavy atom. The average molecular weight is 610 g/mol. The topological polar surface area (TPSA) is 33.6 Å². The van der Waals surface area contributed by atoms with E-state index in [0.29, 0.717) is 5.56 Å².